The summed E-state index contributed by atoms with van der Waals surface area (Å²) in [5.74, 6) is -1.82. The normalized spacial score (nSPS) is 12.5. The van der Waals surface area contributed by atoms with Crippen molar-refractivity contribution in [3.8, 4) is 22.6 Å². The SMILES string of the molecule is CCc1cccc2c1c(-c1ccc(C(C)(C)C)cc1)c(C(=O)O)n2Cc1cc(OCCOC)cc(OS(=O)(=O)C(F)(F)F)c1. The molecule has 0 saturated carbocycles. The Balaban J connectivity index is 1.93. The molecule has 1 aromatic heterocycles. The second-order valence-electron chi connectivity index (χ2n) is 11.2. The van der Waals surface area contributed by atoms with Crippen molar-refractivity contribution < 1.29 is 45.1 Å². The molecule has 1 N–H and O–H groups in total. The highest BCUT2D eigenvalue weighted by molar-refractivity contribution is 7.88. The lowest BCUT2D eigenvalue weighted by atomic mass is 9.86. The van der Waals surface area contributed by atoms with Crippen LogP contribution in [0.3, 0.4) is 0 Å². The number of rotatable bonds is 11. The number of hydrogen-bond acceptors (Lipinski definition) is 6. The van der Waals surface area contributed by atoms with Gasteiger partial charge >= 0.3 is 21.6 Å². The minimum Gasteiger partial charge on any atom is -0.491 e. The first-order valence-corrected chi connectivity index (χ1v) is 15.2. The lowest BCUT2D eigenvalue weighted by molar-refractivity contribution is -0.0500. The summed E-state index contributed by atoms with van der Waals surface area (Å²) in [6.07, 6.45) is 0.615. The molecule has 1 heterocycles. The van der Waals surface area contributed by atoms with Crippen LogP contribution in [-0.2, 0) is 33.2 Å². The van der Waals surface area contributed by atoms with Gasteiger partial charge in [-0.2, -0.15) is 21.6 Å². The van der Waals surface area contributed by atoms with Crippen molar-refractivity contribution in [2.24, 2.45) is 0 Å². The summed E-state index contributed by atoms with van der Waals surface area (Å²) in [5.41, 5.74) is -1.77. The van der Waals surface area contributed by atoms with Crippen LogP contribution in [0.1, 0.15) is 54.9 Å². The molecule has 8 nitrogen and oxygen atoms in total. The largest absolute Gasteiger partial charge is 0.534 e. The van der Waals surface area contributed by atoms with Crippen LogP contribution in [0.2, 0.25) is 0 Å². The van der Waals surface area contributed by atoms with Crippen LogP contribution in [0.4, 0.5) is 13.2 Å². The molecule has 4 rings (SSSR count). The number of ether oxygens (including phenoxy) is 2. The molecule has 0 radical (unpaired) electrons. The van der Waals surface area contributed by atoms with Gasteiger partial charge in [-0.3, -0.25) is 0 Å². The van der Waals surface area contributed by atoms with E-state index < -0.39 is 27.3 Å². The van der Waals surface area contributed by atoms with E-state index >= 15 is 0 Å². The van der Waals surface area contributed by atoms with Gasteiger partial charge in [0.1, 0.15) is 23.8 Å². The van der Waals surface area contributed by atoms with Crippen molar-refractivity contribution in [3.05, 3.63) is 83.0 Å². The number of benzene rings is 3. The van der Waals surface area contributed by atoms with Crippen molar-refractivity contribution >= 4 is 27.0 Å². The van der Waals surface area contributed by atoms with E-state index in [-0.39, 0.29) is 42.2 Å². The Morgan fingerprint density at radius 3 is 2.18 bits per heavy atom. The lowest BCUT2D eigenvalue weighted by Crippen LogP contribution is -2.28. The van der Waals surface area contributed by atoms with Gasteiger partial charge in [-0.15, -0.1) is 0 Å². The first-order chi connectivity index (χ1) is 20.6. The van der Waals surface area contributed by atoms with E-state index in [0.717, 1.165) is 28.6 Å². The van der Waals surface area contributed by atoms with E-state index in [2.05, 4.69) is 25.0 Å². The topological polar surface area (TPSA) is 104 Å². The van der Waals surface area contributed by atoms with Gasteiger partial charge in [-0.25, -0.2) is 4.79 Å². The molecule has 0 aliphatic heterocycles. The van der Waals surface area contributed by atoms with E-state index in [0.29, 0.717) is 23.1 Å². The smallest absolute Gasteiger partial charge is 0.491 e. The molecular weight excluding hydrogens is 599 g/mol. The number of methoxy groups -OCH3 is 1. The number of carboxylic acids is 1. The Kier molecular flexibility index (Phi) is 9.36. The van der Waals surface area contributed by atoms with Gasteiger partial charge in [0.05, 0.1) is 6.61 Å². The lowest BCUT2D eigenvalue weighted by Gasteiger charge is -2.19. The second-order valence-corrected chi connectivity index (χ2v) is 12.8. The highest BCUT2D eigenvalue weighted by atomic mass is 32.2. The predicted molar refractivity (Wildman–Crippen MR) is 161 cm³/mol. The van der Waals surface area contributed by atoms with Crippen molar-refractivity contribution in [3.63, 3.8) is 0 Å². The standard InChI is InChI=1S/C32H34F3NO7S/c1-6-21-8-7-9-26-27(21)28(22-10-12-23(13-11-22)31(2,3)4)29(30(37)38)36(26)19-20-16-24(42-15-14-41-5)18-25(17-20)43-44(39,40)32(33,34)35/h7-13,16-18H,6,14-15,19H2,1-5H3,(H,37,38). The Bertz CT molecular complexity index is 1770. The fourth-order valence-electron chi connectivity index (χ4n) is 5.03. The predicted octanol–water partition coefficient (Wildman–Crippen LogP) is 7.17. The maximum absolute atomic E-state index is 13.1. The average molecular weight is 634 g/mol. The van der Waals surface area contributed by atoms with Gasteiger partial charge in [0, 0.05) is 36.2 Å². The summed E-state index contributed by atoms with van der Waals surface area (Å²) in [4.78, 5) is 12.9. The third-order valence-corrected chi connectivity index (χ3v) is 8.10. The number of aromatic nitrogens is 1. The van der Waals surface area contributed by atoms with E-state index in [1.54, 1.807) is 10.6 Å². The van der Waals surface area contributed by atoms with Crippen LogP contribution < -0.4 is 8.92 Å². The van der Waals surface area contributed by atoms with Crippen LogP contribution in [0, 0.1) is 0 Å². The van der Waals surface area contributed by atoms with Crippen molar-refractivity contribution in [1.29, 1.82) is 0 Å². The molecule has 12 heteroatoms. The van der Waals surface area contributed by atoms with Crippen LogP contribution in [0.25, 0.3) is 22.0 Å². The Labute approximate surface area is 254 Å². The minimum absolute atomic E-state index is 0.0206. The van der Waals surface area contributed by atoms with Crippen molar-refractivity contribution in [2.75, 3.05) is 20.3 Å². The highest BCUT2D eigenvalue weighted by Crippen LogP contribution is 2.39. The van der Waals surface area contributed by atoms with Crippen molar-refractivity contribution in [1.82, 2.24) is 4.57 Å². The van der Waals surface area contributed by atoms with Gasteiger partial charge in [-0.1, -0.05) is 64.1 Å². The second kappa shape index (κ2) is 12.5. The zero-order chi connectivity index (χ0) is 32.4. The molecule has 3 aromatic carbocycles. The van der Waals surface area contributed by atoms with Gasteiger partial charge in [-0.05, 0) is 52.3 Å². The van der Waals surface area contributed by atoms with Gasteiger partial charge in [0.25, 0.3) is 0 Å². The summed E-state index contributed by atoms with van der Waals surface area (Å²) < 4.78 is 79.5. The van der Waals surface area contributed by atoms with E-state index in [4.69, 9.17) is 9.47 Å². The van der Waals surface area contributed by atoms with E-state index in [1.807, 2.05) is 43.3 Å². The summed E-state index contributed by atoms with van der Waals surface area (Å²) in [6.45, 7) is 8.24. The summed E-state index contributed by atoms with van der Waals surface area (Å²) >= 11 is 0. The summed E-state index contributed by atoms with van der Waals surface area (Å²) in [6, 6.07) is 16.8. The van der Waals surface area contributed by atoms with E-state index in [9.17, 15) is 31.5 Å². The molecule has 0 fully saturated rings. The first kappa shape index (κ1) is 32.9. The Morgan fingerprint density at radius 2 is 1.61 bits per heavy atom. The third-order valence-electron chi connectivity index (χ3n) is 7.13. The molecule has 0 aliphatic carbocycles. The number of carboxylic acid groups (broad SMARTS) is 1. The molecule has 0 spiro atoms. The van der Waals surface area contributed by atoms with Gasteiger partial charge in [0.15, 0.2) is 0 Å². The fourth-order valence-corrected chi connectivity index (χ4v) is 5.47. The minimum atomic E-state index is -5.97. The van der Waals surface area contributed by atoms with E-state index in [1.165, 1.54) is 13.2 Å². The Hall–Kier alpha value is -4.03. The molecule has 44 heavy (non-hydrogen) atoms. The third kappa shape index (κ3) is 6.86. The maximum Gasteiger partial charge on any atom is 0.534 e. The van der Waals surface area contributed by atoms with Crippen LogP contribution in [-0.4, -0.2) is 49.9 Å². The van der Waals surface area contributed by atoms with Crippen LogP contribution >= 0.6 is 0 Å². The molecule has 0 saturated heterocycles. The molecule has 0 aliphatic rings. The molecule has 236 valence electrons. The number of nitrogens with zero attached hydrogens (tertiary/aromatic N) is 1. The average Bonchev–Trinajstić information content (AvgIpc) is 3.26. The highest BCUT2D eigenvalue weighted by Gasteiger charge is 2.48. The Morgan fingerprint density at radius 1 is 0.955 bits per heavy atom. The number of halogens is 3. The molecule has 0 unspecified atom stereocenters. The van der Waals surface area contributed by atoms with Crippen LogP contribution in [0.5, 0.6) is 11.5 Å². The number of alkyl halides is 3. The van der Waals surface area contributed by atoms with Crippen molar-refractivity contribution in [2.45, 2.75) is 51.6 Å². The number of carbonyl (C=O) groups is 1. The summed E-state index contributed by atoms with van der Waals surface area (Å²) in [7, 11) is -4.54. The first-order valence-electron chi connectivity index (χ1n) is 13.8. The molecular formula is C32H34F3NO7S. The van der Waals surface area contributed by atoms with Gasteiger partial charge in [0.2, 0.25) is 0 Å². The van der Waals surface area contributed by atoms with Gasteiger partial charge < -0.3 is 23.3 Å². The zero-order valence-electron chi connectivity index (χ0n) is 25.0. The molecule has 0 bridgehead atoms. The molecule has 0 amide bonds. The maximum atomic E-state index is 13.1. The number of hydrogen-bond donors (Lipinski definition) is 1. The molecule has 0 atom stereocenters. The summed E-state index contributed by atoms with van der Waals surface area (Å²) in [5, 5.41) is 11.3. The van der Waals surface area contributed by atoms with Crippen LogP contribution in [0.15, 0.2) is 60.7 Å². The fraction of sp³-hybridized carbons (Fsp3) is 0.344. The molecule has 4 aromatic rings. The number of aryl methyl sites for hydroxylation is 1. The quantitative estimate of drug-likeness (QED) is 0.106. The monoisotopic (exact) mass is 633 g/mol. The zero-order valence-corrected chi connectivity index (χ0v) is 25.8. The number of fused-ring (bicyclic) bond motifs is 1. The number of aromatic carboxylic acids is 1.